The Hall–Kier alpha value is -2.73. The Morgan fingerprint density at radius 1 is 1.00 bits per heavy atom. The van der Waals surface area contributed by atoms with Crippen molar-refractivity contribution in [3.63, 3.8) is 0 Å². The Kier molecular flexibility index (Phi) is 5.62. The van der Waals surface area contributed by atoms with Gasteiger partial charge in [0, 0.05) is 43.6 Å². The van der Waals surface area contributed by atoms with Gasteiger partial charge in [0.25, 0.3) is 0 Å². The Morgan fingerprint density at radius 2 is 1.72 bits per heavy atom. The molecule has 0 spiro atoms. The molecule has 1 amide bonds. The zero-order valence-corrected chi connectivity index (χ0v) is 17.4. The first kappa shape index (κ1) is 19.6. The van der Waals surface area contributed by atoms with Crippen LogP contribution in [0.5, 0.6) is 11.5 Å². The summed E-state index contributed by atoms with van der Waals surface area (Å²) in [5.74, 6) is 1.41. The van der Waals surface area contributed by atoms with E-state index in [1.807, 2.05) is 25.1 Å². The number of amides is 1. The van der Waals surface area contributed by atoms with Gasteiger partial charge in [0.05, 0.1) is 6.04 Å². The summed E-state index contributed by atoms with van der Waals surface area (Å²) in [4.78, 5) is 17.5. The third-order valence-electron chi connectivity index (χ3n) is 5.97. The van der Waals surface area contributed by atoms with Crippen molar-refractivity contribution in [3.8, 4) is 11.5 Å². The third-order valence-corrected chi connectivity index (χ3v) is 5.97. The number of anilines is 2. The van der Waals surface area contributed by atoms with Gasteiger partial charge < -0.3 is 19.7 Å². The van der Waals surface area contributed by atoms with Gasteiger partial charge in [-0.15, -0.1) is 0 Å². The van der Waals surface area contributed by atoms with E-state index in [4.69, 9.17) is 9.47 Å². The van der Waals surface area contributed by atoms with Crippen LogP contribution in [0.1, 0.15) is 18.1 Å². The number of carbonyl (C=O) groups is 1. The van der Waals surface area contributed by atoms with Crippen LogP contribution in [0, 0.1) is 13.8 Å². The average molecular weight is 396 g/mol. The second kappa shape index (κ2) is 8.33. The number of nitrogens with zero attached hydrogens (tertiary/aromatic N) is 2. The number of benzene rings is 2. The topological polar surface area (TPSA) is 54.0 Å². The fourth-order valence-corrected chi connectivity index (χ4v) is 3.96. The molecule has 6 heteroatoms. The molecule has 154 valence electrons. The van der Waals surface area contributed by atoms with Crippen molar-refractivity contribution in [2.75, 3.05) is 49.6 Å². The zero-order valence-electron chi connectivity index (χ0n) is 17.4. The van der Waals surface area contributed by atoms with E-state index in [9.17, 15) is 4.79 Å². The highest BCUT2D eigenvalue weighted by atomic mass is 16.6. The number of aryl methyl sites for hydroxylation is 1. The van der Waals surface area contributed by atoms with Gasteiger partial charge in [-0.05, 0) is 50.1 Å². The van der Waals surface area contributed by atoms with Crippen LogP contribution >= 0.6 is 0 Å². The Morgan fingerprint density at radius 3 is 2.48 bits per heavy atom. The van der Waals surface area contributed by atoms with Crippen LogP contribution < -0.4 is 19.7 Å². The highest BCUT2D eigenvalue weighted by Gasteiger charge is 2.26. The maximum Gasteiger partial charge on any atom is 0.241 e. The van der Waals surface area contributed by atoms with E-state index in [1.54, 1.807) is 0 Å². The molecule has 2 aliphatic heterocycles. The molecule has 1 saturated heterocycles. The Balaban J connectivity index is 1.35. The second-order valence-corrected chi connectivity index (χ2v) is 7.77. The maximum absolute atomic E-state index is 12.8. The van der Waals surface area contributed by atoms with Crippen LogP contribution in [0.2, 0.25) is 0 Å². The lowest BCUT2D eigenvalue weighted by molar-refractivity contribution is -0.120. The van der Waals surface area contributed by atoms with E-state index in [0.29, 0.717) is 19.0 Å². The number of carbonyl (C=O) groups excluding carboxylic acids is 1. The van der Waals surface area contributed by atoms with Gasteiger partial charge in [0.1, 0.15) is 13.2 Å². The molecule has 1 atom stereocenters. The van der Waals surface area contributed by atoms with Crippen molar-refractivity contribution in [3.05, 3.63) is 47.5 Å². The first-order valence-corrected chi connectivity index (χ1v) is 10.3. The molecule has 0 unspecified atom stereocenters. The van der Waals surface area contributed by atoms with Crippen molar-refractivity contribution in [1.29, 1.82) is 0 Å². The highest BCUT2D eigenvalue weighted by Crippen LogP contribution is 2.32. The van der Waals surface area contributed by atoms with Gasteiger partial charge in [0.2, 0.25) is 5.91 Å². The van der Waals surface area contributed by atoms with Crippen LogP contribution in [-0.2, 0) is 4.79 Å². The monoisotopic (exact) mass is 395 g/mol. The van der Waals surface area contributed by atoms with Crippen molar-refractivity contribution in [2.24, 2.45) is 0 Å². The lowest BCUT2D eigenvalue weighted by atomic mass is 10.1. The molecule has 2 aromatic rings. The molecule has 2 heterocycles. The van der Waals surface area contributed by atoms with Crippen molar-refractivity contribution in [1.82, 2.24) is 4.90 Å². The molecule has 29 heavy (non-hydrogen) atoms. The number of nitrogens with one attached hydrogen (secondary N) is 1. The van der Waals surface area contributed by atoms with Crippen molar-refractivity contribution >= 4 is 17.3 Å². The van der Waals surface area contributed by atoms with E-state index in [0.717, 1.165) is 37.6 Å². The van der Waals surface area contributed by atoms with Gasteiger partial charge in [-0.2, -0.15) is 0 Å². The van der Waals surface area contributed by atoms with Crippen LogP contribution in [0.15, 0.2) is 36.4 Å². The summed E-state index contributed by atoms with van der Waals surface area (Å²) in [6.07, 6.45) is 0. The molecule has 0 aromatic heterocycles. The number of rotatable bonds is 4. The van der Waals surface area contributed by atoms with E-state index in [1.165, 1.54) is 16.8 Å². The Labute approximate surface area is 172 Å². The largest absolute Gasteiger partial charge is 0.486 e. The van der Waals surface area contributed by atoms with Gasteiger partial charge in [-0.3, -0.25) is 9.69 Å². The summed E-state index contributed by atoms with van der Waals surface area (Å²) in [6.45, 7) is 11.0. The molecule has 1 N–H and O–H groups in total. The summed E-state index contributed by atoms with van der Waals surface area (Å²) in [5.41, 5.74) is 4.70. The van der Waals surface area contributed by atoms with Gasteiger partial charge >= 0.3 is 0 Å². The standard InChI is InChI=1S/C23H29N3O3/c1-16-5-4-6-20(17(16)2)26-11-9-25(10-12-26)18(3)23(27)24-19-7-8-21-22(15-19)29-14-13-28-21/h4-8,15,18H,9-14H2,1-3H3,(H,24,27)/t18-/m0/s1. The summed E-state index contributed by atoms with van der Waals surface area (Å²) in [7, 11) is 0. The normalized spacial score (nSPS) is 17.7. The lowest BCUT2D eigenvalue weighted by Gasteiger charge is -2.39. The zero-order chi connectivity index (χ0) is 20.4. The summed E-state index contributed by atoms with van der Waals surface area (Å²) >= 11 is 0. The first-order chi connectivity index (χ1) is 14.0. The quantitative estimate of drug-likeness (QED) is 0.862. The molecule has 0 radical (unpaired) electrons. The smallest absolute Gasteiger partial charge is 0.241 e. The molecule has 4 rings (SSSR count). The molecule has 2 aliphatic rings. The van der Waals surface area contributed by atoms with Crippen molar-refractivity contribution < 1.29 is 14.3 Å². The minimum atomic E-state index is -0.191. The molecule has 0 saturated carbocycles. The minimum absolute atomic E-state index is 0.00173. The SMILES string of the molecule is Cc1cccc(N2CCN([C@@H](C)C(=O)Nc3ccc4c(c3)OCCO4)CC2)c1C. The number of hydrogen-bond acceptors (Lipinski definition) is 5. The molecule has 6 nitrogen and oxygen atoms in total. The number of ether oxygens (including phenoxy) is 2. The van der Waals surface area contributed by atoms with E-state index in [-0.39, 0.29) is 11.9 Å². The van der Waals surface area contributed by atoms with Crippen LogP contribution in [-0.4, -0.2) is 56.2 Å². The number of fused-ring (bicyclic) bond motifs is 1. The minimum Gasteiger partial charge on any atom is -0.486 e. The second-order valence-electron chi connectivity index (χ2n) is 7.77. The Bertz CT molecular complexity index is 891. The number of piperazine rings is 1. The summed E-state index contributed by atoms with van der Waals surface area (Å²) in [6, 6.07) is 11.8. The summed E-state index contributed by atoms with van der Waals surface area (Å²) in [5, 5.41) is 3.02. The van der Waals surface area contributed by atoms with Crippen LogP contribution in [0.3, 0.4) is 0 Å². The fourth-order valence-electron chi connectivity index (χ4n) is 3.96. The predicted octanol–water partition coefficient (Wildman–Crippen LogP) is 3.22. The van der Waals surface area contributed by atoms with Gasteiger partial charge in [-0.25, -0.2) is 0 Å². The predicted molar refractivity (Wildman–Crippen MR) is 115 cm³/mol. The molecule has 0 aliphatic carbocycles. The number of hydrogen-bond donors (Lipinski definition) is 1. The first-order valence-electron chi connectivity index (χ1n) is 10.3. The molecule has 1 fully saturated rings. The molecule has 0 bridgehead atoms. The van der Waals surface area contributed by atoms with Crippen molar-refractivity contribution in [2.45, 2.75) is 26.8 Å². The van der Waals surface area contributed by atoms with Crippen LogP contribution in [0.4, 0.5) is 11.4 Å². The maximum atomic E-state index is 12.8. The highest BCUT2D eigenvalue weighted by molar-refractivity contribution is 5.94. The average Bonchev–Trinajstić information content (AvgIpc) is 2.75. The van der Waals surface area contributed by atoms with E-state index >= 15 is 0 Å². The summed E-state index contributed by atoms with van der Waals surface area (Å²) < 4.78 is 11.1. The van der Waals surface area contributed by atoms with E-state index in [2.05, 4.69) is 47.2 Å². The van der Waals surface area contributed by atoms with Crippen LogP contribution in [0.25, 0.3) is 0 Å². The van der Waals surface area contributed by atoms with E-state index < -0.39 is 0 Å². The third kappa shape index (κ3) is 4.17. The van der Waals surface area contributed by atoms with Gasteiger partial charge in [-0.1, -0.05) is 12.1 Å². The fraction of sp³-hybridized carbons (Fsp3) is 0.435. The lowest BCUT2D eigenvalue weighted by Crippen LogP contribution is -2.53. The molecular weight excluding hydrogens is 366 g/mol. The molecule has 2 aromatic carbocycles. The molecular formula is C23H29N3O3. The van der Waals surface area contributed by atoms with Gasteiger partial charge in [0.15, 0.2) is 11.5 Å².